The summed E-state index contributed by atoms with van der Waals surface area (Å²) >= 11 is 0. The molecule has 0 aromatic heterocycles. The molecule has 0 bridgehead atoms. The Labute approximate surface area is 175 Å². The molecular weight excluding hydrogens is 410 g/mol. The van der Waals surface area contributed by atoms with Crippen LogP contribution in [0.15, 0.2) is 53.4 Å². The summed E-state index contributed by atoms with van der Waals surface area (Å²) in [4.78, 5) is 15.0. The highest BCUT2D eigenvalue weighted by molar-refractivity contribution is 7.89. The third-order valence-corrected chi connectivity index (χ3v) is 7.58. The third kappa shape index (κ3) is 4.39. The van der Waals surface area contributed by atoms with E-state index in [-0.39, 0.29) is 28.5 Å². The van der Waals surface area contributed by atoms with Crippen LogP contribution in [-0.2, 0) is 14.8 Å². The van der Waals surface area contributed by atoms with Crippen molar-refractivity contribution in [1.82, 2.24) is 9.62 Å². The van der Waals surface area contributed by atoms with Crippen molar-refractivity contribution in [2.75, 3.05) is 13.1 Å². The van der Waals surface area contributed by atoms with Gasteiger partial charge in [-0.15, -0.1) is 0 Å². The van der Waals surface area contributed by atoms with Gasteiger partial charge in [0.2, 0.25) is 15.9 Å². The van der Waals surface area contributed by atoms with Gasteiger partial charge in [0.25, 0.3) is 0 Å². The minimum atomic E-state index is -3.84. The first-order valence-electron chi connectivity index (χ1n) is 10.2. The lowest BCUT2D eigenvalue weighted by Gasteiger charge is -2.24. The molecule has 0 unspecified atom stereocenters. The Morgan fingerprint density at radius 1 is 0.900 bits per heavy atom. The molecule has 1 N–H and O–H groups in total. The van der Waals surface area contributed by atoms with Gasteiger partial charge in [0.15, 0.2) is 0 Å². The topological polar surface area (TPSA) is 66.5 Å². The summed E-state index contributed by atoms with van der Waals surface area (Å²) in [5, 5.41) is 0. The van der Waals surface area contributed by atoms with Crippen molar-refractivity contribution in [1.29, 1.82) is 0 Å². The van der Waals surface area contributed by atoms with Crippen molar-refractivity contribution < 1.29 is 22.0 Å². The molecular formula is C22H24F2N2O3S. The first-order valence-corrected chi connectivity index (χ1v) is 11.6. The molecule has 1 heterocycles. The average molecular weight is 435 g/mol. The summed E-state index contributed by atoms with van der Waals surface area (Å²) in [6.07, 6.45) is 2.76. The Balaban J connectivity index is 1.57. The van der Waals surface area contributed by atoms with Gasteiger partial charge in [-0.05, 0) is 73.6 Å². The molecule has 1 aliphatic heterocycles. The molecule has 1 saturated heterocycles. The Morgan fingerprint density at radius 3 is 2.07 bits per heavy atom. The van der Waals surface area contributed by atoms with E-state index in [1.54, 1.807) is 12.1 Å². The van der Waals surface area contributed by atoms with Crippen LogP contribution in [0.2, 0.25) is 0 Å². The smallest absolute Gasteiger partial charge is 0.240 e. The van der Waals surface area contributed by atoms with Crippen molar-refractivity contribution in [2.45, 2.75) is 42.5 Å². The summed E-state index contributed by atoms with van der Waals surface area (Å²) in [5.41, 5.74) is 0.831. The molecule has 2 aromatic rings. The Bertz CT molecular complexity index is 1000. The van der Waals surface area contributed by atoms with Crippen molar-refractivity contribution in [3.05, 3.63) is 65.7 Å². The normalized spacial score (nSPS) is 24.3. The number of carbonyl (C=O) groups excluding carboxylic acids is 1. The molecule has 2 fully saturated rings. The number of sulfonamides is 1. The molecule has 4 rings (SSSR count). The fraction of sp³-hybridized carbons (Fsp3) is 0.409. The molecule has 0 spiro atoms. The van der Waals surface area contributed by atoms with Gasteiger partial charge in [-0.25, -0.2) is 21.9 Å². The molecule has 1 aliphatic carbocycles. The van der Waals surface area contributed by atoms with Crippen LogP contribution in [0.3, 0.4) is 0 Å². The fourth-order valence-electron chi connectivity index (χ4n) is 4.56. The zero-order valence-electron chi connectivity index (χ0n) is 16.4. The van der Waals surface area contributed by atoms with Gasteiger partial charge in [0, 0.05) is 25.0 Å². The van der Waals surface area contributed by atoms with Crippen LogP contribution in [0.25, 0.3) is 0 Å². The second kappa shape index (κ2) is 8.43. The molecule has 2 aliphatic rings. The molecule has 5 nitrogen and oxygen atoms in total. The predicted molar refractivity (Wildman–Crippen MR) is 108 cm³/mol. The van der Waals surface area contributed by atoms with E-state index in [4.69, 9.17) is 0 Å². The highest BCUT2D eigenvalue weighted by Crippen LogP contribution is 2.42. The SMILES string of the molecule is O=C([C@H]1C[C@@H](NS(=O)(=O)c2ccc(F)cc2)C[C@@H]1c1ccc(F)cc1)N1CCCC1. The van der Waals surface area contributed by atoms with E-state index >= 15 is 0 Å². The van der Waals surface area contributed by atoms with Gasteiger partial charge in [0.05, 0.1) is 4.90 Å². The lowest BCUT2D eigenvalue weighted by atomic mass is 9.88. The molecule has 0 radical (unpaired) electrons. The second-order valence-corrected chi connectivity index (χ2v) is 9.75. The van der Waals surface area contributed by atoms with E-state index in [0.29, 0.717) is 12.8 Å². The average Bonchev–Trinajstić information content (AvgIpc) is 3.38. The quantitative estimate of drug-likeness (QED) is 0.784. The van der Waals surface area contributed by atoms with Crippen molar-refractivity contribution in [2.24, 2.45) is 5.92 Å². The fourth-order valence-corrected chi connectivity index (χ4v) is 5.82. The summed E-state index contributed by atoms with van der Waals surface area (Å²) in [6, 6.07) is 10.3. The minimum absolute atomic E-state index is 0.0171. The maximum atomic E-state index is 13.4. The second-order valence-electron chi connectivity index (χ2n) is 8.04. The van der Waals surface area contributed by atoms with Crippen LogP contribution in [0, 0.1) is 17.6 Å². The van der Waals surface area contributed by atoms with Crippen molar-refractivity contribution in [3.8, 4) is 0 Å². The molecule has 2 aromatic carbocycles. The van der Waals surface area contributed by atoms with Crippen molar-refractivity contribution in [3.63, 3.8) is 0 Å². The van der Waals surface area contributed by atoms with Gasteiger partial charge in [0.1, 0.15) is 11.6 Å². The van der Waals surface area contributed by atoms with Gasteiger partial charge < -0.3 is 4.90 Å². The monoisotopic (exact) mass is 434 g/mol. The number of likely N-dealkylation sites (tertiary alicyclic amines) is 1. The Kier molecular flexibility index (Phi) is 5.88. The van der Waals surface area contributed by atoms with Gasteiger partial charge in [-0.2, -0.15) is 0 Å². The van der Waals surface area contributed by atoms with E-state index < -0.39 is 21.9 Å². The lowest BCUT2D eigenvalue weighted by Crippen LogP contribution is -2.36. The number of benzene rings is 2. The number of halogens is 2. The minimum Gasteiger partial charge on any atom is -0.342 e. The Morgan fingerprint density at radius 2 is 1.47 bits per heavy atom. The van der Waals surface area contributed by atoms with Gasteiger partial charge >= 0.3 is 0 Å². The molecule has 1 saturated carbocycles. The molecule has 3 atom stereocenters. The van der Waals surface area contributed by atoms with Crippen LogP contribution in [0.1, 0.15) is 37.2 Å². The zero-order chi connectivity index (χ0) is 21.3. The van der Waals surface area contributed by atoms with E-state index in [2.05, 4.69) is 4.72 Å². The first-order chi connectivity index (χ1) is 14.3. The number of nitrogens with one attached hydrogen (secondary N) is 1. The number of carbonyl (C=O) groups is 1. The molecule has 8 heteroatoms. The number of rotatable bonds is 5. The van der Waals surface area contributed by atoms with Crippen LogP contribution in [0.4, 0.5) is 8.78 Å². The number of nitrogens with zero attached hydrogens (tertiary/aromatic N) is 1. The highest BCUT2D eigenvalue weighted by atomic mass is 32.2. The highest BCUT2D eigenvalue weighted by Gasteiger charge is 2.43. The zero-order valence-corrected chi connectivity index (χ0v) is 17.2. The van der Waals surface area contributed by atoms with E-state index in [9.17, 15) is 22.0 Å². The summed E-state index contributed by atoms with van der Waals surface area (Å²) in [6.45, 7) is 1.44. The number of amides is 1. The first kappa shape index (κ1) is 20.9. The predicted octanol–water partition coefficient (Wildman–Crippen LogP) is 3.43. The largest absolute Gasteiger partial charge is 0.342 e. The van der Waals surface area contributed by atoms with Crippen LogP contribution in [0.5, 0.6) is 0 Å². The molecule has 160 valence electrons. The molecule has 30 heavy (non-hydrogen) atoms. The lowest BCUT2D eigenvalue weighted by molar-refractivity contribution is -0.134. The standard InChI is InChI=1S/C22H24F2N2O3S/c23-16-5-3-15(4-6-16)20-13-18(14-21(20)22(27)26-11-1-2-12-26)25-30(28,29)19-9-7-17(24)8-10-19/h3-10,18,20-21,25H,1-2,11-14H2/t18-,20+,21-/m0/s1. The summed E-state index contributed by atoms with van der Waals surface area (Å²) in [7, 11) is -3.84. The summed E-state index contributed by atoms with van der Waals surface area (Å²) in [5.74, 6) is -1.39. The third-order valence-electron chi connectivity index (χ3n) is 6.04. The van der Waals surface area contributed by atoms with Crippen molar-refractivity contribution >= 4 is 15.9 Å². The van der Waals surface area contributed by atoms with Crippen LogP contribution < -0.4 is 4.72 Å². The van der Waals surface area contributed by atoms with E-state index in [0.717, 1.165) is 43.6 Å². The van der Waals surface area contributed by atoms with Gasteiger partial charge in [-0.1, -0.05) is 12.1 Å². The van der Waals surface area contributed by atoms with Crippen LogP contribution >= 0.6 is 0 Å². The Hall–Kier alpha value is -2.32. The maximum absolute atomic E-state index is 13.4. The molecule has 1 amide bonds. The summed E-state index contributed by atoms with van der Waals surface area (Å²) < 4.78 is 54.7. The number of hydrogen-bond acceptors (Lipinski definition) is 3. The van der Waals surface area contributed by atoms with Gasteiger partial charge in [-0.3, -0.25) is 4.79 Å². The van der Waals surface area contributed by atoms with E-state index in [1.807, 2.05) is 4.90 Å². The number of hydrogen-bond donors (Lipinski definition) is 1. The van der Waals surface area contributed by atoms with E-state index in [1.165, 1.54) is 24.3 Å². The van der Waals surface area contributed by atoms with Crippen LogP contribution in [-0.4, -0.2) is 38.4 Å². The maximum Gasteiger partial charge on any atom is 0.240 e.